The number of benzene rings is 2. The first kappa shape index (κ1) is 44.5. The number of nitrogens with one attached hydrogen (secondary N) is 1. The Morgan fingerprint density at radius 2 is 1.34 bits per heavy atom. The standard InChI is InChI=1S/C42H54N2O14S/c1-25(46)50-24-36-39(54-27(3)48)40(55-28(4)49)38(53-26(2)47)35(57-36)20-37(59)43-21-29-5-11-32(12-6-29)41-56-33(19-34(58-41)31-9-7-30(23-45)8-10-31)22-44-15-13-42(14-16-44)51-17-18-52-42/h5-12,33-36,38-41,45H,13-24H2,1-4H3,(H,43,59)/t33-,34+,35-,36+,38-,39+,40+,41?/m0/s1. The fraction of sp³-hybridized carbons (Fsp3) is 0.595. The van der Waals surface area contributed by atoms with E-state index >= 15 is 0 Å². The Balaban J connectivity index is 1.11. The average molecular weight is 843 g/mol. The smallest absolute Gasteiger partial charge is 0.303 e. The Morgan fingerprint density at radius 1 is 0.763 bits per heavy atom. The van der Waals surface area contributed by atoms with Crippen LogP contribution in [0, 0.1) is 0 Å². The van der Waals surface area contributed by atoms with Crippen LogP contribution < -0.4 is 5.32 Å². The topological polar surface area (TPSA) is 187 Å². The highest BCUT2D eigenvalue weighted by atomic mass is 32.1. The summed E-state index contributed by atoms with van der Waals surface area (Å²) in [6, 6.07) is 15.6. The predicted octanol–water partition coefficient (Wildman–Crippen LogP) is 3.50. The molecule has 2 aromatic carbocycles. The number of esters is 4. The summed E-state index contributed by atoms with van der Waals surface area (Å²) in [5.41, 5.74) is 3.59. The van der Waals surface area contributed by atoms with E-state index in [0.29, 0.717) is 31.2 Å². The number of carbonyl (C=O) groups is 4. The van der Waals surface area contributed by atoms with Crippen molar-refractivity contribution in [3.05, 3.63) is 70.8 Å². The van der Waals surface area contributed by atoms with Gasteiger partial charge in [-0.25, -0.2) is 0 Å². The molecule has 1 unspecified atom stereocenters. The largest absolute Gasteiger partial charge is 0.463 e. The van der Waals surface area contributed by atoms with E-state index in [2.05, 4.69) is 10.2 Å². The summed E-state index contributed by atoms with van der Waals surface area (Å²) in [6.45, 7) is 8.43. The lowest BCUT2D eigenvalue weighted by Gasteiger charge is -2.44. The number of nitrogens with zero attached hydrogens (tertiary/aromatic N) is 1. The minimum Gasteiger partial charge on any atom is -0.463 e. The zero-order valence-corrected chi connectivity index (χ0v) is 34.6. The summed E-state index contributed by atoms with van der Waals surface area (Å²) in [4.78, 5) is 50.9. The van der Waals surface area contributed by atoms with Crippen LogP contribution >= 0.6 is 12.2 Å². The quantitative estimate of drug-likeness (QED) is 0.160. The summed E-state index contributed by atoms with van der Waals surface area (Å²) in [6.07, 6.45) is -4.38. The second-order valence-electron chi connectivity index (χ2n) is 15.2. The maximum Gasteiger partial charge on any atom is 0.303 e. The molecule has 0 radical (unpaired) electrons. The lowest BCUT2D eigenvalue weighted by molar-refractivity contribution is -0.255. The van der Waals surface area contributed by atoms with Crippen molar-refractivity contribution >= 4 is 41.1 Å². The van der Waals surface area contributed by atoms with Crippen molar-refractivity contribution in [2.75, 3.05) is 39.5 Å². The van der Waals surface area contributed by atoms with Gasteiger partial charge in [0.05, 0.1) is 37.0 Å². The molecule has 322 valence electrons. The Hall–Kier alpha value is -4.07. The van der Waals surface area contributed by atoms with E-state index in [1.165, 1.54) is 27.7 Å². The van der Waals surface area contributed by atoms with Gasteiger partial charge in [-0.1, -0.05) is 60.7 Å². The van der Waals surface area contributed by atoms with Crippen LogP contribution in [0.5, 0.6) is 0 Å². The number of carbonyl (C=O) groups excluding carboxylic acids is 4. The molecule has 4 heterocycles. The molecule has 4 aliphatic rings. The van der Waals surface area contributed by atoms with Crippen molar-refractivity contribution in [3.8, 4) is 0 Å². The Labute approximate surface area is 349 Å². The first-order valence-electron chi connectivity index (χ1n) is 20.0. The first-order chi connectivity index (χ1) is 28.3. The van der Waals surface area contributed by atoms with Crippen LogP contribution in [0.4, 0.5) is 0 Å². The molecule has 4 fully saturated rings. The van der Waals surface area contributed by atoms with E-state index in [1.807, 2.05) is 48.5 Å². The van der Waals surface area contributed by atoms with Gasteiger partial charge in [-0.3, -0.25) is 19.2 Å². The van der Waals surface area contributed by atoms with E-state index in [-0.39, 0.29) is 31.8 Å². The van der Waals surface area contributed by atoms with Crippen LogP contribution in [0.3, 0.4) is 0 Å². The number of ether oxygens (including phenoxy) is 9. The summed E-state index contributed by atoms with van der Waals surface area (Å²) >= 11 is 5.70. The predicted molar refractivity (Wildman–Crippen MR) is 211 cm³/mol. The summed E-state index contributed by atoms with van der Waals surface area (Å²) in [5.74, 6) is -3.16. The van der Waals surface area contributed by atoms with Gasteiger partial charge in [-0.05, 0) is 16.7 Å². The van der Waals surface area contributed by atoms with Crippen LogP contribution in [0.15, 0.2) is 48.5 Å². The fourth-order valence-electron chi connectivity index (χ4n) is 7.91. The Bertz CT molecular complexity index is 1760. The Kier molecular flexibility index (Phi) is 15.4. The van der Waals surface area contributed by atoms with Crippen LogP contribution in [0.25, 0.3) is 0 Å². The number of piperidine rings is 1. The van der Waals surface area contributed by atoms with E-state index in [1.54, 1.807) is 0 Å². The number of hydrogen-bond acceptors (Lipinski definition) is 16. The van der Waals surface area contributed by atoms with Gasteiger partial charge in [-0.15, -0.1) is 0 Å². The summed E-state index contributed by atoms with van der Waals surface area (Å²) in [7, 11) is 0. The van der Waals surface area contributed by atoms with Gasteiger partial charge in [-0.2, -0.15) is 0 Å². The normalized spacial score (nSPS) is 28.0. The van der Waals surface area contributed by atoms with Gasteiger partial charge in [0, 0.05) is 85.1 Å². The molecule has 0 aliphatic carbocycles. The van der Waals surface area contributed by atoms with Crippen LogP contribution in [-0.4, -0.2) is 121 Å². The molecule has 0 amide bonds. The van der Waals surface area contributed by atoms with Crippen molar-refractivity contribution in [3.63, 3.8) is 0 Å². The molecule has 16 nitrogen and oxygen atoms in total. The summed E-state index contributed by atoms with van der Waals surface area (Å²) < 4.78 is 53.0. The molecule has 59 heavy (non-hydrogen) atoms. The highest BCUT2D eigenvalue weighted by Crippen LogP contribution is 2.39. The molecular formula is C42H54N2O14S. The maximum absolute atomic E-state index is 12.2. The van der Waals surface area contributed by atoms with Crippen LogP contribution in [-0.2, 0) is 75.0 Å². The molecule has 0 aromatic heterocycles. The summed E-state index contributed by atoms with van der Waals surface area (Å²) in [5, 5.41) is 12.8. The lowest BCUT2D eigenvalue weighted by Crippen LogP contribution is -2.62. The third kappa shape index (κ3) is 12.3. The minimum atomic E-state index is -1.27. The van der Waals surface area contributed by atoms with Gasteiger partial charge < -0.3 is 58.0 Å². The molecule has 6 rings (SSSR count). The molecule has 2 N–H and O–H groups in total. The number of rotatable bonds is 14. The zero-order chi connectivity index (χ0) is 42.1. The highest BCUT2D eigenvalue weighted by Gasteiger charge is 2.52. The molecule has 1 spiro atoms. The third-order valence-electron chi connectivity index (χ3n) is 10.7. The molecule has 8 atom stereocenters. The zero-order valence-electron chi connectivity index (χ0n) is 33.8. The van der Waals surface area contributed by atoms with Crippen molar-refractivity contribution in [2.45, 2.75) is 121 Å². The van der Waals surface area contributed by atoms with E-state index < -0.39 is 66.5 Å². The second-order valence-corrected chi connectivity index (χ2v) is 15.7. The number of likely N-dealkylation sites (tertiary alicyclic amines) is 1. The van der Waals surface area contributed by atoms with Gasteiger partial charge in [0.1, 0.15) is 18.8 Å². The molecule has 4 saturated heterocycles. The van der Waals surface area contributed by atoms with E-state index in [0.717, 1.165) is 54.7 Å². The van der Waals surface area contributed by atoms with E-state index in [9.17, 15) is 24.3 Å². The highest BCUT2D eigenvalue weighted by molar-refractivity contribution is 7.80. The fourth-order valence-corrected chi connectivity index (χ4v) is 8.15. The molecule has 2 aromatic rings. The van der Waals surface area contributed by atoms with Gasteiger partial charge in [0.25, 0.3) is 0 Å². The molecule has 0 saturated carbocycles. The maximum atomic E-state index is 12.2. The Morgan fingerprint density at radius 3 is 1.93 bits per heavy atom. The number of aliphatic hydroxyl groups excluding tert-OH is 1. The second kappa shape index (κ2) is 20.5. The van der Waals surface area contributed by atoms with Crippen molar-refractivity contribution in [1.29, 1.82) is 0 Å². The molecule has 0 bridgehead atoms. The number of aliphatic hydroxyl groups is 1. The van der Waals surface area contributed by atoms with Crippen LogP contribution in [0.2, 0.25) is 0 Å². The van der Waals surface area contributed by atoms with Crippen molar-refractivity contribution in [2.24, 2.45) is 0 Å². The molecule has 4 aliphatic heterocycles. The average Bonchev–Trinajstić information content (AvgIpc) is 3.67. The number of thiocarbonyl (C=S) groups is 1. The molecular weight excluding hydrogens is 789 g/mol. The first-order valence-corrected chi connectivity index (χ1v) is 20.4. The minimum absolute atomic E-state index is 0.0242. The van der Waals surface area contributed by atoms with Gasteiger partial charge in [0.2, 0.25) is 0 Å². The van der Waals surface area contributed by atoms with Crippen LogP contribution in [0.1, 0.15) is 88.0 Å². The van der Waals surface area contributed by atoms with Gasteiger partial charge in [0.15, 0.2) is 30.4 Å². The lowest BCUT2D eigenvalue weighted by atomic mass is 9.92. The van der Waals surface area contributed by atoms with Crippen molar-refractivity contribution < 1.29 is 66.9 Å². The van der Waals surface area contributed by atoms with Gasteiger partial charge >= 0.3 is 23.9 Å². The monoisotopic (exact) mass is 842 g/mol. The number of hydrogen-bond donors (Lipinski definition) is 2. The SMILES string of the molecule is CC(=O)OC[C@H]1O[C@@H](CC(=S)NCc2ccc(C3O[C@H](CN4CCC5(CC4)OCCO5)C[C@H](c4ccc(CO)cc4)O3)cc2)[C@H](OC(C)=O)[C@@H](OC(C)=O)[C@@H]1OC(C)=O. The molecule has 17 heteroatoms. The van der Waals surface area contributed by atoms with Crippen molar-refractivity contribution in [1.82, 2.24) is 10.2 Å². The van der Waals surface area contributed by atoms with E-state index in [4.69, 9.17) is 54.8 Å². The third-order valence-corrected chi connectivity index (χ3v) is 11.0.